The number of ether oxygens (including phenoxy) is 1. The number of nitrogens with two attached hydrogens (primary N) is 1. The van der Waals surface area contributed by atoms with E-state index in [0.717, 1.165) is 0 Å². The molecule has 0 radical (unpaired) electrons. The number of esters is 1. The quantitative estimate of drug-likeness (QED) is 0.348. The number of hydrogen-bond donors (Lipinski definition) is 3. The summed E-state index contributed by atoms with van der Waals surface area (Å²) in [6, 6.07) is 0. The lowest BCUT2D eigenvalue weighted by Crippen LogP contribution is -2.46. The summed E-state index contributed by atoms with van der Waals surface area (Å²) in [7, 11) is 0. The van der Waals surface area contributed by atoms with Crippen molar-refractivity contribution in [2.45, 2.75) is 13.1 Å². The third-order valence-electron chi connectivity index (χ3n) is 1.04. The van der Waals surface area contributed by atoms with Gasteiger partial charge >= 0.3 is 11.9 Å². The maximum absolute atomic E-state index is 10.6. The fourth-order valence-electron chi connectivity index (χ4n) is 0.493. The third kappa shape index (κ3) is 4.64. The number of carboxylic acid groups (broad SMARTS) is 1. The molecule has 0 aliphatic heterocycles. The van der Waals surface area contributed by atoms with Crippen molar-refractivity contribution < 1.29 is 19.4 Å². The van der Waals surface area contributed by atoms with Crippen LogP contribution in [0.1, 0.15) is 6.92 Å². The molecule has 0 rings (SSSR count). The van der Waals surface area contributed by atoms with Gasteiger partial charge in [0.15, 0.2) is 6.17 Å². The highest BCUT2D eigenvalue weighted by Gasteiger charge is 2.11. The predicted octanol–water partition coefficient (Wildman–Crippen LogP) is -1.49. The van der Waals surface area contributed by atoms with Crippen molar-refractivity contribution in [2.24, 2.45) is 5.73 Å². The van der Waals surface area contributed by atoms with Gasteiger partial charge in [-0.3, -0.25) is 10.1 Å². The lowest BCUT2D eigenvalue weighted by atomic mass is 10.5. The normalized spacial score (nSPS) is 12.2. The summed E-state index contributed by atoms with van der Waals surface area (Å²) >= 11 is 0. The van der Waals surface area contributed by atoms with E-state index in [1.54, 1.807) is 6.92 Å². The summed E-state index contributed by atoms with van der Waals surface area (Å²) in [5.41, 5.74) is 5.04. The van der Waals surface area contributed by atoms with Crippen molar-refractivity contribution in [3.05, 3.63) is 0 Å². The van der Waals surface area contributed by atoms with Crippen molar-refractivity contribution in [2.75, 3.05) is 13.2 Å². The number of carboxylic acids is 1. The maximum Gasteiger partial charge on any atom is 0.335 e. The van der Waals surface area contributed by atoms with E-state index in [0.29, 0.717) is 0 Å². The summed E-state index contributed by atoms with van der Waals surface area (Å²) in [6.45, 7) is 1.74. The van der Waals surface area contributed by atoms with Crippen molar-refractivity contribution in [1.82, 2.24) is 5.32 Å². The Bertz CT molecular complexity index is 171. The Morgan fingerprint density at radius 2 is 2.25 bits per heavy atom. The minimum Gasteiger partial charge on any atom is -0.479 e. The monoisotopic (exact) mass is 176 g/mol. The van der Waals surface area contributed by atoms with Gasteiger partial charge in [-0.25, -0.2) is 4.79 Å². The molecule has 0 amide bonds. The SMILES string of the molecule is CCOC(=O)CNC(N)C(=O)O. The summed E-state index contributed by atoms with van der Waals surface area (Å²) < 4.78 is 4.52. The van der Waals surface area contributed by atoms with Gasteiger partial charge in [-0.1, -0.05) is 0 Å². The standard InChI is InChI=1S/C6H12N2O4/c1-2-12-4(9)3-8-5(7)6(10)11/h5,8H,2-3,7H2,1H3,(H,10,11). The van der Waals surface area contributed by atoms with Crippen molar-refractivity contribution in [1.29, 1.82) is 0 Å². The third-order valence-corrected chi connectivity index (χ3v) is 1.04. The summed E-state index contributed by atoms with van der Waals surface area (Å²) in [5, 5.41) is 10.6. The van der Waals surface area contributed by atoms with E-state index in [2.05, 4.69) is 10.1 Å². The van der Waals surface area contributed by atoms with Gasteiger partial charge in [-0.05, 0) is 6.92 Å². The van der Waals surface area contributed by atoms with Gasteiger partial charge in [0.25, 0.3) is 0 Å². The van der Waals surface area contributed by atoms with E-state index in [4.69, 9.17) is 10.8 Å². The van der Waals surface area contributed by atoms with Crippen LogP contribution in [-0.4, -0.2) is 36.4 Å². The highest BCUT2D eigenvalue weighted by atomic mass is 16.5. The topological polar surface area (TPSA) is 102 Å². The van der Waals surface area contributed by atoms with Gasteiger partial charge < -0.3 is 15.6 Å². The molecule has 4 N–H and O–H groups in total. The molecule has 0 spiro atoms. The molecule has 0 aromatic heterocycles. The molecule has 0 aromatic rings. The molecule has 0 bridgehead atoms. The van der Waals surface area contributed by atoms with E-state index in [-0.39, 0.29) is 13.2 Å². The van der Waals surface area contributed by atoms with E-state index < -0.39 is 18.1 Å². The Hall–Kier alpha value is -1.14. The summed E-state index contributed by atoms with van der Waals surface area (Å²) in [5.74, 6) is -1.73. The second-order valence-corrected chi connectivity index (χ2v) is 2.00. The fraction of sp³-hybridized carbons (Fsp3) is 0.667. The van der Waals surface area contributed by atoms with Gasteiger partial charge in [0, 0.05) is 0 Å². The molecule has 0 fully saturated rings. The van der Waals surface area contributed by atoms with Crippen LogP contribution >= 0.6 is 0 Å². The maximum atomic E-state index is 10.6. The van der Waals surface area contributed by atoms with Crippen LogP contribution in [-0.2, 0) is 14.3 Å². The Kier molecular flexibility index (Phi) is 4.98. The highest BCUT2D eigenvalue weighted by molar-refractivity contribution is 5.75. The molecule has 0 aliphatic rings. The molecule has 6 heteroatoms. The number of nitrogens with one attached hydrogen (secondary N) is 1. The molecule has 6 nitrogen and oxygen atoms in total. The van der Waals surface area contributed by atoms with Crippen LogP contribution in [0.15, 0.2) is 0 Å². The van der Waals surface area contributed by atoms with Gasteiger partial charge in [-0.2, -0.15) is 0 Å². The summed E-state index contributed by atoms with van der Waals surface area (Å²) in [4.78, 5) is 20.8. The molecule has 0 heterocycles. The molecule has 0 aliphatic carbocycles. The van der Waals surface area contributed by atoms with Crippen LogP contribution in [0.2, 0.25) is 0 Å². The highest BCUT2D eigenvalue weighted by Crippen LogP contribution is 1.77. The average Bonchev–Trinajstić information content (AvgIpc) is 2.00. The van der Waals surface area contributed by atoms with Crippen LogP contribution in [0.4, 0.5) is 0 Å². The van der Waals surface area contributed by atoms with Crippen molar-refractivity contribution in [3.8, 4) is 0 Å². The molecule has 12 heavy (non-hydrogen) atoms. The predicted molar refractivity (Wildman–Crippen MR) is 40.2 cm³/mol. The van der Waals surface area contributed by atoms with Crippen LogP contribution < -0.4 is 11.1 Å². The van der Waals surface area contributed by atoms with Crippen LogP contribution in [0.3, 0.4) is 0 Å². The molecular weight excluding hydrogens is 164 g/mol. The zero-order valence-electron chi connectivity index (χ0n) is 6.74. The number of rotatable bonds is 5. The van der Waals surface area contributed by atoms with Crippen LogP contribution in [0.25, 0.3) is 0 Å². The first-order valence-corrected chi connectivity index (χ1v) is 3.45. The first kappa shape index (κ1) is 10.9. The minimum absolute atomic E-state index is 0.193. The summed E-state index contributed by atoms with van der Waals surface area (Å²) in [6.07, 6.45) is -1.23. The van der Waals surface area contributed by atoms with E-state index in [1.807, 2.05) is 0 Å². The molecule has 1 atom stereocenters. The van der Waals surface area contributed by atoms with Crippen LogP contribution in [0, 0.1) is 0 Å². The average molecular weight is 176 g/mol. The molecule has 0 aromatic carbocycles. The smallest absolute Gasteiger partial charge is 0.335 e. The zero-order valence-corrected chi connectivity index (χ0v) is 6.74. The van der Waals surface area contributed by atoms with Crippen molar-refractivity contribution >= 4 is 11.9 Å². The Labute approximate surface area is 69.7 Å². The van der Waals surface area contributed by atoms with Gasteiger partial charge in [0.2, 0.25) is 0 Å². The Morgan fingerprint density at radius 1 is 1.67 bits per heavy atom. The molecular formula is C6H12N2O4. The Morgan fingerprint density at radius 3 is 2.67 bits per heavy atom. The molecule has 1 unspecified atom stereocenters. The van der Waals surface area contributed by atoms with E-state index in [9.17, 15) is 9.59 Å². The zero-order chi connectivity index (χ0) is 9.56. The number of carbonyl (C=O) groups excluding carboxylic acids is 1. The second kappa shape index (κ2) is 5.50. The second-order valence-electron chi connectivity index (χ2n) is 2.00. The van der Waals surface area contributed by atoms with Gasteiger partial charge in [0.05, 0.1) is 13.2 Å². The first-order valence-electron chi connectivity index (χ1n) is 3.45. The van der Waals surface area contributed by atoms with Gasteiger partial charge in [-0.15, -0.1) is 0 Å². The molecule has 0 saturated carbocycles. The number of hydrogen-bond acceptors (Lipinski definition) is 5. The van der Waals surface area contributed by atoms with E-state index in [1.165, 1.54) is 0 Å². The van der Waals surface area contributed by atoms with E-state index >= 15 is 0 Å². The lowest BCUT2D eigenvalue weighted by molar-refractivity contribution is -0.143. The first-order chi connectivity index (χ1) is 5.57. The van der Waals surface area contributed by atoms with Gasteiger partial charge in [0.1, 0.15) is 0 Å². The molecule has 0 saturated heterocycles. The lowest BCUT2D eigenvalue weighted by Gasteiger charge is -2.07. The van der Waals surface area contributed by atoms with Crippen molar-refractivity contribution in [3.63, 3.8) is 0 Å². The largest absolute Gasteiger partial charge is 0.479 e. The fourth-order valence-corrected chi connectivity index (χ4v) is 0.493. The number of carbonyl (C=O) groups is 2. The number of aliphatic carboxylic acids is 1. The van der Waals surface area contributed by atoms with Crippen LogP contribution in [0.5, 0.6) is 0 Å². The Balaban J connectivity index is 3.54. The minimum atomic E-state index is -1.23. The molecule has 70 valence electrons.